The Hall–Kier alpha value is -2.61. The molecule has 1 aliphatic heterocycles. The quantitative estimate of drug-likeness (QED) is 0.755. The highest BCUT2D eigenvalue weighted by Gasteiger charge is 2.23. The van der Waals surface area contributed by atoms with Crippen LogP contribution in [0.3, 0.4) is 0 Å². The molecule has 1 saturated heterocycles. The van der Waals surface area contributed by atoms with Crippen molar-refractivity contribution in [2.24, 2.45) is 5.92 Å². The Morgan fingerprint density at radius 2 is 2.40 bits per heavy atom. The molecule has 4 heterocycles. The SMILES string of the molecule is O=C(NCC1CCCN(c2nccs2)C1)c1cc(-c2ccco2)on1. The molecule has 1 unspecified atom stereocenters. The van der Waals surface area contributed by atoms with Gasteiger partial charge < -0.3 is 19.2 Å². The van der Waals surface area contributed by atoms with Crippen molar-refractivity contribution in [2.45, 2.75) is 12.8 Å². The van der Waals surface area contributed by atoms with Gasteiger partial charge in [0.2, 0.25) is 5.76 Å². The van der Waals surface area contributed by atoms with Gasteiger partial charge in [-0.05, 0) is 30.9 Å². The number of hydrogen-bond donors (Lipinski definition) is 1. The van der Waals surface area contributed by atoms with Gasteiger partial charge in [0.05, 0.1) is 6.26 Å². The molecule has 0 aromatic carbocycles. The zero-order valence-electron chi connectivity index (χ0n) is 13.6. The fraction of sp³-hybridized carbons (Fsp3) is 0.353. The Bertz CT molecular complexity index is 813. The number of piperidine rings is 1. The van der Waals surface area contributed by atoms with Gasteiger partial charge in [0.1, 0.15) is 0 Å². The molecule has 1 N–H and O–H groups in total. The summed E-state index contributed by atoms with van der Waals surface area (Å²) >= 11 is 1.65. The van der Waals surface area contributed by atoms with Gasteiger partial charge >= 0.3 is 0 Å². The monoisotopic (exact) mass is 358 g/mol. The summed E-state index contributed by atoms with van der Waals surface area (Å²) < 4.78 is 10.4. The van der Waals surface area contributed by atoms with Gasteiger partial charge in [0.15, 0.2) is 16.6 Å². The Balaban J connectivity index is 1.32. The van der Waals surface area contributed by atoms with Crippen LogP contribution < -0.4 is 10.2 Å². The Morgan fingerprint density at radius 1 is 1.44 bits per heavy atom. The Labute approximate surface area is 148 Å². The van der Waals surface area contributed by atoms with Crippen molar-refractivity contribution in [1.29, 1.82) is 0 Å². The molecule has 0 spiro atoms. The number of hydrogen-bond acceptors (Lipinski definition) is 7. The van der Waals surface area contributed by atoms with E-state index >= 15 is 0 Å². The molecule has 7 nitrogen and oxygen atoms in total. The Kier molecular flexibility index (Phi) is 4.51. The van der Waals surface area contributed by atoms with Crippen molar-refractivity contribution in [3.8, 4) is 11.5 Å². The zero-order valence-corrected chi connectivity index (χ0v) is 14.4. The third-order valence-corrected chi connectivity index (χ3v) is 5.10. The lowest BCUT2D eigenvalue weighted by atomic mass is 9.98. The van der Waals surface area contributed by atoms with E-state index in [1.807, 2.05) is 11.6 Å². The molecule has 130 valence electrons. The maximum absolute atomic E-state index is 12.3. The van der Waals surface area contributed by atoms with E-state index in [-0.39, 0.29) is 11.6 Å². The van der Waals surface area contributed by atoms with Crippen LogP contribution in [0.15, 0.2) is 45.0 Å². The van der Waals surface area contributed by atoms with E-state index in [1.54, 1.807) is 35.8 Å². The number of furan rings is 1. The first kappa shape index (κ1) is 15.9. The normalized spacial score (nSPS) is 17.6. The maximum Gasteiger partial charge on any atom is 0.273 e. The fourth-order valence-electron chi connectivity index (χ4n) is 3.02. The second-order valence-corrected chi connectivity index (χ2v) is 6.91. The van der Waals surface area contributed by atoms with Crippen LogP contribution in [0.4, 0.5) is 5.13 Å². The number of aromatic nitrogens is 2. The van der Waals surface area contributed by atoms with Gasteiger partial charge in [-0.3, -0.25) is 4.79 Å². The molecule has 3 aromatic rings. The third-order valence-electron chi connectivity index (χ3n) is 4.27. The van der Waals surface area contributed by atoms with Crippen LogP contribution in [-0.2, 0) is 0 Å². The standard InChI is InChI=1S/C17H18N4O3S/c22-16(13-9-15(24-20-13)14-4-2-7-23-14)19-10-12-3-1-6-21(11-12)17-18-5-8-25-17/h2,4-5,7-9,12H,1,3,6,10-11H2,(H,19,22). The van der Waals surface area contributed by atoms with Gasteiger partial charge in [0.25, 0.3) is 5.91 Å². The summed E-state index contributed by atoms with van der Waals surface area (Å²) in [5.74, 6) is 1.17. The van der Waals surface area contributed by atoms with Crippen molar-refractivity contribution in [1.82, 2.24) is 15.5 Å². The molecule has 1 atom stereocenters. The number of carbonyl (C=O) groups is 1. The molecular weight excluding hydrogens is 340 g/mol. The van der Waals surface area contributed by atoms with Crippen molar-refractivity contribution >= 4 is 22.4 Å². The summed E-state index contributed by atoms with van der Waals surface area (Å²) in [7, 11) is 0. The van der Waals surface area contributed by atoms with Gasteiger partial charge in [-0.2, -0.15) is 0 Å². The molecule has 4 rings (SSSR count). The first-order chi connectivity index (χ1) is 12.3. The van der Waals surface area contributed by atoms with Crippen LogP contribution in [0.25, 0.3) is 11.5 Å². The smallest absolute Gasteiger partial charge is 0.273 e. The Morgan fingerprint density at radius 3 is 3.20 bits per heavy atom. The molecule has 1 fully saturated rings. The largest absolute Gasteiger partial charge is 0.461 e. The highest BCUT2D eigenvalue weighted by molar-refractivity contribution is 7.13. The minimum atomic E-state index is -0.229. The molecule has 1 aliphatic rings. The number of nitrogens with one attached hydrogen (secondary N) is 1. The number of amides is 1. The summed E-state index contributed by atoms with van der Waals surface area (Å²) in [6.45, 7) is 2.54. The number of rotatable bonds is 5. The topological polar surface area (TPSA) is 84.4 Å². The van der Waals surface area contributed by atoms with E-state index in [1.165, 1.54) is 0 Å². The average molecular weight is 358 g/mol. The van der Waals surface area contributed by atoms with E-state index in [0.29, 0.717) is 24.0 Å². The van der Waals surface area contributed by atoms with Crippen LogP contribution >= 0.6 is 11.3 Å². The van der Waals surface area contributed by atoms with E-state index in [4.69, 9.17) is 8.94 Å². The minimum absolute atomic E-state index is 0.229. The third kappa shape index (κ3) is 3.58. The fourth-order valence-corrected chi connectivity index (χ4v) is 3.70. The van der Waals surface area contributed by atoms with Gasteiger partial charge in [-0.15, -0.1) is 11.3 Å². The lowest BCUT2D eigenvalue weighted by molar-refractivity contribution is 0.0936. The molecule has 0 bridgehead atoms. The molecule has 0 radical (unpaired) electrons. The number of nitrogens with zero attached hydrogens (tertiary/aromatic N) is 3. The summed E-state index contributed by atoms with van der Waals surface area (Å²) in [5, 5.41) is 9.82. The van der Waals surface area contributed by atoms with Crippen LogP contribution in [-0.4, -0.2) is 35.7 Å². The van der Waals surface area contributed by atoms with Gasteiger partial charge in [0, 0.05) is 37.3 Å². The van der Waals surface area contributed by atoms with E-state index in [2.05, 4.69) is 20.4 Å². The summed E-state index contributed by atoms with van der Waals surface area (Å²) in [6.07, 6.45) is 5.58. The number of thiazole rings is 1. The van der Waals surface area contributed by atoms with Gasteiger partial charge in [-0.25, -0.2) is 4.98 Å². The van der Waals surface area contributed by atoms with E-state index in [0.717, 1.165) is 31.1 Å². The highest BCUT2D eigenvalue weighted by atomic mass is 32.1. The lowest BCUT2D eigenvalue weighted by Crippen LogP contribution is -2.41. The van der Waals surface area contributed by atoms with E-state index in [9.17, 15) is 4.79 Å². The van der Waals surface area contributed by atoms with Crippen LogP contribution in [0.1, 0.15) is 23.3 Å². The van der Waals surface area contributed by atoms with Crippen LogP contribution in [0.2, 0.25) is 0 Å². The van der Waals surface area contributed by atoms with Crippen LogP contribution in [0, 0.1) is 5.92 Å². The first-order valence-electron chi connectivity index (χ1n) is 8.23. The van der Waals surface area contributed by atoms with Crippen molar-refractivity contribution in [3.63, 3.8) is 0 Å². The van der Waals surface area contributed by atoms with Crippen molar-refractivity contribution < 1.29 is 13.7 Å². The van der Waals surface area contributed by atoms with Crippen molar-refractivity contribution in [3.05, 3.63) is 41.7 Å². The maximum atomic E-state index is 12.3. The van der Waals surface area contributed by atoms with E-state index < -0.39 is 0 Å². The van der Waals surface area contributed by atoms with Crippen molar-refractivity contribution in [2.75, 3.05) is 24.5 Å². The predicted octanol–water partition coefficient (Wildman–Crippen LogP) is 3.04. The predicted molar refractivity (Wildman–Crippen MR) is 93.6 cm³/mol. The molecule has 1 amide bonds. The molecule has 25 heavy (non-hydrogen) atoms. The molecule has 0 saturated carbocycles. The molecule has 0 aliphatic carbocycles. The number of carbonyl (C=O) groups excluding carboxylic acids is 1. The zero-order chi connectivity index (χ0) is 17.1. The van der Waals surface area contributed by atoms with Gasteiger partial charge in [-0.1, -0.05) is 5.16 Å². The number of anilines is 1. The first-order valence-corrected chi connectivity index (χ1v) is 9.11. The molecular formula is C17H18N4O3S. The minimum Gasteiger partial charge on any atom is -0.461 e. The summed E-state index contributed by atoms with van der Waals surface area (Å²) in [4.78, 5) is 19.0. The summed E-state index contributed by atoms with van der Waals surface area (Å²) in [6, 6.07) is 5.11. The molecule has 3 aromatic heterocycles. The van der Waals surface area contributed by atoms with Crippen LogP contribution in [0.5, 0.6) is 0 Å². The second-order valence-electron chi connectivity index (χ2n) is 6.03. The average Bonchev–Trinajstić information content (AvgIpc) is 3.41. The highest BCUT2D eigenvalue weighted by Crippen LogP contribution is 2.24. The molecule has 8 heteroatoms. The summed E-state index contributed by atoms with van der Waals surface area (Å²) in [5.41, 5.74) is 0.263. The lowest BCUT2D eigenvalue weighted by Gasteiger charge is -2.32. The second kappa shape index (κ2) is 7.10.